The van der Waals surface area contributed by atoms with Gasteiger partial charge in [0.2, 0.25) is 0 Å². The van der Waals surface area contributed by atoms with E-state index in [-0.39, 0.29) is 23.5 Å². The quantitative estimate of drug-likeness (QED) is 0.930. The summed E-state index contributed by atoms with van der Waals surface area (Å²) in [6.07, 6.45) is 0. The number of carboxylic acids is 1. The van der Waals surface area contributed by atoms with Crippen LogP contribution < -0.4 is 4.74 Å². The Morgan fingerprint density at radius 2 is 2.00 bits per heavy atom. The van der Waals surface area contributed by atoms with E-state index in [0.29, 0.717) is 5.56 Å². The van der Waals surface area contributed by atoms with Crippen molar-refractivity contribution in [1.82, 2.24) is 0 Å². The zero-order valence-corrected chi connectivity index (χ0v) is 10.7. The number of halogens is 2. The molecule has 0 aliphatic heterocycles. The molecule has 0 aromatic heterocycles. The smallest absolute Gasteiger partial charge is 0.336 e. The van der Waals surface area contributed by atoms with Gasteiger partial charge < -0.3 is 9.84 Å². The average Bonchev–Trinajstić information content (AvgIpc) is 2.41. The monoisotopic (exact) mass is 278 g/mol. The molecule has 3 nitrogen and oxygen atoms in total. The average molecular weight is 278 g/mol. The van der Waals surface area contributed by atoms with Crippen LogP contribution in [-0.4, -0.2) is 11.1 Å². The summed E-state index contributed by atoms with van der Waals surface area (Å²) in [5, 5.41) is 8.99. The number of carbonyl (C=O) groups is 1. The summed E-state index contributed by atoms with van der Waals surface area (Å²) in [7, 11) is 0. The fourth-order valence-electron chi connectivity index (χ4n) is 1.76. The van der Waals surface area contributed by atoms with Crippen molar-refractivity contribution < 1.29 is 23.4 Å². The number of rotatable bonds is 4. The molecule has 0 bridgehead atoms. The SMILES string of the molecule is Cc1cccc(OCc2ccc(F)cc2C(=O)O)c1F. The van der Waals surface area contributed by atoms with Gasteiger partial charge in [0.05, 0.1) is 5.56 Å². The third-order valence-corrected chi connectivity index (χ3v) is 2.84. The predicted molar refractivity (Wildman–Crippen MR) is 68.8 cm³/mol. The number of hydrogen-bond acceptors (Lipinski definition) is 2. The van der Waals surface area contributed by atoms with Gasteiger partial charge in [0.1, 0.15) is 12.4 Å². The van der Waals surface area contributed by atoms with Gasteiger partial charge in [0, 0.05) is 5.56 Å². The molecule has 1 N–H and O–H groups in total. The number of ether oxygens (including phenoxy) is 1. The maximum atomic E-state index is 13.7. The number of benzene rings is 2. The van der Waals surface area contributed by atoms with Gasteiger partial charge in [-0.05, 0) is 30.7 Å². The zero-order chi connectivity index (χ0) is 14.7. The lowest BCUT2D eigenvalue weighted by atomic mass is 10.1. The van der Waals surface area contributed by atoms with Gasteiger partial charge >= 0.3 is 5.97 Å². The van der Waals surface area contributed by atoms with E-state index in [1.165, 1.54) is 12.1 Å². The lowest BCUT2D eigenvalue weighted by Crippen LogP contribution is -2.07. The van der Waals surface area contributed by atoms with E-state index in [9.17, 15) is 13.6 Å². The minimum absolute atomic E-state index is 0.0330. The first kappa shape index (κ1) is 14.0. The van der Waals surface area contributed by atoms with E-state index < -0.39 is 17.6 Å². The molecule has 0 fully saturated rings. The first-order valence-corrected chi connectivity index (χ1v) is 5.88. The molecular formula is C15H12F2O3. The van der Waals surface area contributed by atoms with Crippen LogP contribution >= 0.6 is 0 Å². The van der Waals surface area contributed by atoms with Crippen LogP contribution in [0, 0.1) is 18.6 Å². The van der Waals surface area contributed by atoms with Gasteiger partial charge in [0.25, 0.3) is 0 Å². The van der Waals surface area contributed by atoms with Crippen molar-refractivity contribution in [2.45, 2.75) is 13.5 Å². The van der Waals surface area contributed by atoms with Crippen LogP contribution in [0.5, 0.6) is 5.75 Å². The van der Waals surface area contributed by atoms with E-state index in [2.05, 4.69) is 0 Å². The second kappa shape index (κ2) is 5.69. The van der Waals surface area contributed by atoms with Crippen LogP contribution in [0.15, 0.2) is 36.4 Å². The minimum atomic E-state index is -1.26. The molecule has 0 unspecified atom stereocenters. The Kier molecular flexibility index (Phi) is 3.98. The fraction of sp³-hybridized carbons (Fsp3) is 0.133. The molecule has 0 radical (unpaired) electrons. The summed E-state index contributed by atoms with van der Waals surface area (Å²) in [5.41, 5.74) is 0.512. The number of aryl methyl sites for hydroxylation is 1. The molecule has 0 saturated heterocycles. The van der Waals surface area contributed by atoms with Gasteiger partial charge in [-0.2, -0.15) is 0 Å². The van der Waals surface area contributed by atoms with Gasteiger partial charge in [-0.1, -0.05) is 18.2 Å². The molecule has 0 spiro atoms. The number of aromatic carboxylic acids is 1. The summed E-state index contributed by atoms with van der Waals surface area (Å²) < 4.78 is 32.0. The third-order valence-electron chi connectivity index (χ3n) is 2.84. The van der Waals surface area contributed by atoms with Crippen molar-refractivity contribution in [1.29, 1.82) is 0 Å². The Bertz CT molecular complexity index is 654. The normalized spacial score (nSPS) is 10.3. The summed E-state index contributed by atoms with van der Waals surface area (Å²) in [4.78, 5) is 11.0. The first-order valence-electron chi connectivity index (χ1n) is 5.88. The maximum Gasteiger partial charge on any atom is 0.336 e. The van der Waals surface area contributed by atoms with Gasteiger partial charge in [0.15, 0.2) is 11.6 Å². The van der Waals surface area contributed by atoms with Crippen molar-refractivity contribution >= 4 is 5.97 Å². The van der Waals surface area contributed by atoms with Crippen LogP contribution in [-0.2, 0) is 6.61 Å². The molecule has 0 atom stereocenters. The van der Waals surface area contributed by atoms with Gasteiger partial charge in [-0.15, -0.1) is 0 Å². The van der Waals surface area contributed by atoms with Crippen molar-refractivity contribution in [3.63, 3.8) is 0 Å². The van der Waals surface area contributed by atoms with E-state index in [0.717, 1.165) is 12.1 Å². The Hall–Kier alpha value is -2.43. The molecule has 2 aromatic carbocycles. The molecule has 2 rings (SSSR count). The van der Waals surface area contributed by atoms with E-state index in [1.54, 1.807) is 19.1 Å². The second-order valence-electron chi connectivity index (χ2n) is 4.28. The van der Waals surface area contributed by atoms with E-state index in [4.69, 9.17) is 9.84 Å². The van der Waals surface area contributed by atoms with Crippen LogP contribution in [0.25, 0.3) is 0 Å². The predicted octanol–water partition coefficient (Wildman–Crippen LogP) is 3.55. The molecule has 0 saturated carbocycles. The van der Waals surface area contributed by atoms with Crippen molar-refractivity contribution in [3.05, 3.63) is 64.7 Å². The lowest BCUT2D eigenvalue weighted by Gasteiger charge is -2.10. The number of hydrogen-bond donors (Lipinski definition) is 1. The summed E-state index contributed by atoms with van der Waals surface area (Å²) in [5.74, 6) is -2.36. The minimum Gasteiger partial charge on any atom is -0.486 e. The Morgan fingerprint density at radius 1 is 1.25 bits per heavy atom. The van der Waals surface area contributed by atoms with Crippen LogP contribution in [0.4, 0.5) is 8.78 Å². The van der Waals surface area contributed by atoms with Crippen molar-refractivity contribution in [3.8, 4) is 5.75 Å². The fourth-order valence-corrected chi connectivity index (χ4v) is 1.76. The highest BCUT2D eigenvalue weighted by molar-refractivity contribution is 5.89. The summed E-state index contributed by atoms with van der Waals surface area (Å²) in [6, 6.07) is 8.05. The molecule has 104 valence electrons. The summed E-state index contributed by atoms with van der Waals surface area (Å²) >= 11 is 0. The van der Waals surface area contributed by atoms with Crippen molar-refractivity contribution in [2.75, 3.05) is 0 Å². The molecule has 0 amide bonds. The van der Waals surface area contributed by atoms with Crippen LogP contribution in [0.3, 0.4) is 0 Å². The molecule has 0 heterocycles. The maximum absolute atomic E-state index is 13.7. The molecule has 0 aliphatic carbocycles. The Balaban J connectivity index is 2.23. The summed E-state index contributed by atoms with van der Waals surface area (Å²) in [6.45, 7) is 1.45. The zero-order valence-electron chi connectivity index (χ0n) is 10.7. The van der Waals surface area contributed by atoms with E-state index in [1.807, 2.05) is 0 Å². The standard InChI is InChI=1S/C15H12F2O3/c1-9-3-2-4-13(14(9)17)20-8-10-5-6-11(16)7-12(10)15(18)19/h2-7H,8H2,1H3,(H,18,19). The molecular weight excluding hydrogens is 266 g/mol. The molecule has 0 aliphatic rings. The molecule has 20 heavy (non-hydrogen) atoms. The Labute approximate surface area is 114 Å². The second-order valence-corrected chi connectivity index (χ2v) is 4.28. The molecule has 5 heteroatoms. The Morgan fingerprint density at radius 3 is 2.70 bits per heavy atom. The largest absolute Gasteiger partial charge is 0.486 e. The van der Waals surface area contributed by atoms with Gasteiger partial charge in [-0.3, -0.25) is 0 Å². The van der Waals surface area contributed by atoms with Gasteiger partial charge in [-0.25, -0.2) is 13.6 Å². The molecule has 2 aromatic rings. The van der Waals surface area contributed by atoms with Crippen molar-refractivity contribution in [2.24, 2.45) is 0 Å². The number of carboxylic acid groups (broad SMARTS) is 1. The highest BCUT2D eigenvalue weighted by Gasteiger charge is 2.13. The highest BCUT2D eigenvalue weighted by atomic mass is 19.1. The van der Waals surface area contributed by atoms with E-state index >= 15 is 0 Å². The van der Waals surface area contributed by atoms with Crippen LogP contribution in [0.2, 0.25) is 0 Å². The van der Waals surface area contributed by atoms with Crippen LogP contribution in [0.1, 0.15) is 21.5 Å². The topological polar surface area (TPSA) is 46.5 Å². The lowest BCUT2D eigenvalue weighted by molar-refractivity contribution is 0.0693. The first-order chi connectivity index (χ1) is 9.49. The third kappa shape index (κ3) is 2.93. The highest BCUT2D eigenvalue weighted by Crippen LogP contribution is 2.22.